The first-order chi connectivity index (χ1) is 10.3. The minimum atomic E-state index is 0.152. The van der Waals surface area contributed by atoms with Crippen LogP contribution < -0.4 is 0 Å². The molecular formula is C20H25N. The van der Waals surface area contributed by atoms with Crippen LogP contribution in [0.4, 0.5) is 0 Å². The molecule has 1 aromatic carbocycles. The molecule has 1 aromatic heterocycles. The lowest BCUT2D eigenvalue weighted by atomic mass is 9.73. The van der Waals surface area contributed by atoms with E-state index in [4.69, 9.17) is 4.98 Å². The number of unbranched alkanes of at least 4 members (excludes halogenated alkanes) is 2. The highest BCUT2D eigenvalue weighted by molar-refractivity contribution is 5.79. The number of fused-ring (bicyclic) bond motifs is 3. The molecule has 1 heteroatoms. The first-order valence-corrected chi connectivity index (χ1v) is 8.39. The van der Waals surface area contributed by atoms with Crippen LogP contribution >= 0.6 is 0 Å². The Kier molecular flexibility index (Phi) is 4.10. The van der Waals surface area contributed by atoms with Crippen molar-refractivity contribution in [2.45, 2.75) is 57.8 Å². The smallest absolute Gasteiger partial charge is 0.0587 e. The molecule has 110 valence electrons. The molecule has 21 heavy (non-hydrogen) atoms. The average Bonchev–Trinajstić information content (AvgIpc) is 2.82. The molecule has 0 amide bonds. The Morgan fingerprint density at radius 1 is 0.857 bits per heavy atom. The normalized spacial score (nSPS) is 14.8. The van der Waals surface area contributed by atoms with Crippen LogP contribution in [0.15, 0.2) is 42.6 Å². The fourth-order valence-electron chi connectivity index (χ4n) is 3.86. The summed E-state index contributed by atoms with van der Waals surface area (Å²) in [5, 5.41) is 0. The maximum Gasteiger partial charge on any atom is 0.0587 e. The van der Waals surface area contributed by atoms with Crippen LogP contribution in [0.25, 0.3) is 11.1 Å². The van der Waals surface area contributed by atoms with Crippen molar-refractivity contribution in [3.8, 4) is 11.1 Å². The van der Waals surface area contributed by atoms with Crippen molar-refractivity contribution in [3.05, 3.63) is 53.9 Å². The van der Waals surface area contributed by atoms with Crippen LogP contribution in [0, 0.1) is 0 Å². The molecule has 0 fully saturated rings. The third kappa shape index (κ3) is 2.29. The van der Waals surface area contributed by atoms with Gasteiger partial charge in [0.05, 0.1) is 5.69 Å². The minimum Gasteiger partial charge on any atom is -0.260 e. The number of rotatable bonds is 6. The predicted molar refractivity (Wildman–Crippen MR) is 89.5 cm³/mol. The van der Waals surface area contributed by atoms with E-state index in [9.17, 15) is 0 Å². The number of hydrogen-bond donors (Lipinski definition) is 0. The Hall–Kier alpha value is -1.63. The highest BCUT2D eigenvalue weighted by atomic mass is 14.7. The van der Waals surface area contributed by atoms with Crippen LogP contribution in [0.5, 0.6) is 0 Å². The van der Waals surface area contributed by atoms with Crippen molar-refractivity contribution in [2.24, 2.45) is 0 Å². The van der Waals surface area contributed by atoms with Crippen LogP contribution in [-0.2, 0) is 5.41 Å². The summed E-state index contributed by atoms with van der Waals surface area (Å²) in [6.45, 7) is 4.57. The van der Waals surface area contributed by atoms with Crippen molar-refractivity contribution < 1.29 is 0 Å². The van der Waals surface area contributed by atoms with Crippen molar-refractivity contribution in [1.82, 2.24) is 4.98 Å². The Morgan fingerprint density at radius 2 is 1.52 bits per heavy atom. The summed E-state index contributed by atoms with van der Waals surface area (Å²) < 4.78 is 0. The van der Waals surface area contributed by atoms with Gasteiger partial charge in [-0.3, -0.25) is 4.98 Å². The molecule has 0 atom stereocenters. The lowest BCUT2D eigenvalue weighted by molar-refractivity contribution is 0.405. The summed E-state index contributed by atoms with van der Waals surface area (Å²) in [5.74, 6) is 0. The highest BCUT2D eigenvalue weighted by Gasteiger charge is 2.42. The highest BCUT2D eigenvalue weighted by Crippen LogP contribution is 2.52. The summed E-state index contributed by atoms with van der Waals surface area (Å²) in [6, 6.07) is 13.3. The molecule has 0 saturated carbocycles. The van der Waals surface area contributed by atoms with Gasteiger partial charge in [-0.2, -0.15) is 0 Å². The van der Waals surface area contributed by atoms with E-state index >= 15 is 0 Å². The van der Waals surface area contributed by atoms with Crippen molar-refractivity contribution in [2.75, 3.05) is 0 Å². The molecular weight excluding hydrogens is 254 g/mol. The molecule has 1 nitrogen and oxygen atoms in total. The second kappa shape index (κ2) is 6.01. The van der Waals surface area contributed by atoms with E-state index in [2.05, 4.69) is 50.2 Å². The fourth-order valence-corrected chi connectivity index (χ4v) is 3.86. The molecule has 0 aliphatic heterocycles. The third-order valence-corrected chi connectivity index (χ3v) is 4.91. The monoisotopic (exact) mass is 279 g/mol. The molecule has 0 radical (unpaired) electrons. The van der Waals surface area contributed by atoms with E-state index in [1.807, 2.05) is 6.20 Å². The second-order valence-electron chi connectivity index (χ2n) is 6.23. The number of benzene rings is 1. The van der Waals surface area contributed by atoms with Gasteiger partial charge in [0.2, 0.25) is 0 Å². The Morgan fingerprint density at radius 3 is 2.24 bits per heavy atom. The van der Waals surface area contributed by atoms with Gasteiger partial charge in [-0.25, -0.2) is 0 Å². The average molecular weight is 279 g/mol. The molecule has 1 aliphatic rings. The van der Waals surface area contributed by atoms with Gasteiger partial charge >= 0.3 is 0 Å². The van der Waals surface area contributed by atoms with Crippen molar-refractivity contribution >= 4 is 0 Å². The zero-order valence-electron chi connectivity index (χ0n) is 13.2. The SMILES string of the molecule is CCCCC1(CCCC)c2ccccc2-c2cccnc21. The minimum absolute atomic E-state index is 0.152. The Balaban J connectivity index is 2.16. The standard InChI is InChI=1S/C20H25N/c1-3-5-13-20(14-6-4-2)18-12-8-7-10-16(18)17-11-9-15-21-19(17)20/h7-12,15H,3-6,13-14H2,1-2H3. The maximum atomic E-state index is 4.83. The zero-order chi connectivity index (χ0) is 14.7. The van der Waals surface area contributed by atoms with Gasteiger partial charge < -0.3 is 0 Å². The topological polar surface area (TPSA) is 12.9 Å². The number of hydrogen-bond acceptors (Lipinski definition) is 1. The van der Waals surface area contributed by atoms with Gasteiger partial charge in [-0.1, -0.05) is 69.9 Å². The van der Waals surface area contributed by atoms with Gasteiger partial charge in [-0.05, 0) is 30.0 Å². The predicted octanol–water partition coefficient (Wildman–Crippen LogP) is 5.73. The molecule has 1 aliphatic carbocycles. The summed E-state index contributed by atoms with van der Waals surface area (Å²) in [7, 11) is 0. The Bertz CT molecular complexity index is 559. The second-order valence-corrected chi connectivity index (χ2v) is 6.23. The van der Waals surface area contributed by atoms with E-state index in [0.29, 0.717) is 0 Å². The largest absolute Gasteiger partial charge is 0.260 e. The van der Waals surface area contributed by atoms with Gasteiger partial charge in [0.15, 0.2) is 0 Å². The van der Waals surface area contributed by atoms with Crippen LogP contribution in [0.3, 0.4) is 0 Å². The molecule has 0 bridgehead atoms. The van der Waals surface area contributed by atoms with Crippen LogP contribution in [-0.4, -0.2) is 4.98 Å². The number of pyridine rings is 1. The van der Waals surface area contributed by atoms with E-state index in [0.717, 1.165) is 0 Å². The van der Waals surface area contributed by atoms with Crippen LogP contribution in [0.1, 0.15) is 63.6 Å². The van der Waals surface area contributed by atoms with E-state index in [1.54, 1.807) is 0 Å². The molecule has 3 rings (SSSR count). The van der Waals surface area contributed by atoms with Gasteiger partial charge in [0.1, 0.15) is 0 Å². The lowest BCUT2D eigenvalue weighted by Gasteiger charge is -2.31. The number of nitrogens with zero attached hydrogens (tertiary/aromatic N) is 1. The molecule has 0 N–H and O–H groups in total. The van der Waals surface area contributed by atoms with E-state index < -0.39 is 0 Å². The fraction of sp³-hybridized carbons (Fsp3) is 0.450. The van der Waals surface area contributed by atoms with Gasteiger partial charge in [0, 0.05) is 17.2 Å². The molecule has 0 saturated heterocycles. The van der Waals surface area contributed by atoms with E-state index in [-0.39, 0.29) is 5.41 Å². The lowest BCUT2D eigenvalue weighted by Crippen LogP contribution is -2.26. The first-order valence-electron chi connectivity index (χ1n) is 8.39. The maximum absolute atomic E-state index is 4.83. The molecule has 1 heterocycles. The molecule has 0 unspecified atom stereocenters. The summed E-state index contributed by atoms with van der Waals surface area (Å²) >= 11 is 0. The Labute approximate surface area is 128 Å². The molecule has 0 spiro atoms. The van der Waals surface area contributed by atoms with Gasteiger partial charge in [-0.15, -0.1) is 0 Å². The summed E-state index contributed by atoms with van der Waals surface area (Å²) in [6.07, 6.45) is 9.46. The molecule has 2 aromatic rings. The summed E-state index contributed by atoms with van der Waals surface area (Å²) in [4.78, 5) is 4.83. The van der Waals surface area contributed by atoms with Crippen LogP contribution in [0.2, 0.25) is 0 Å². The van der Waals surface area contributed by atoms with Crippen molar-refractivity contribution in [1.29, 1.82) is 0 Å². The zero-order valence-corrected chi connectivity index (χ0v) is 13.2. The van der Waals surface area contributed by atoms with Gasteiger partial charge in [0.25, 0.3) is 0 Å². The first kappa shape index (κ1) is 14.3. The van der Waals surface area contributed by atoms with E-state index in [1.165, 1.54) is 60.9 Å². The summed E-state index contributed by atoms with van der Waals surface area (Å²) in [5.41, 5.74) is 5.76. The van der Waals surface area contributed by atoms with Crippen molar-refractivity contribution in [3.63, 3.8) is 0 Å². The quantitative estimate of drug-likeness (QED) is 0.658. The number of aromatic nitrogens is 1. The third-order valence-electron chi connectivity index (χ3n) is 4.91.